The normalized spacial score (nSPS) is 10.8. The lowest BCUT2D eigenvalue weighted by Gasteiger charge is -2.08. The number of nitrogens with one attached hydrogen (secondary N) is 1. The van der Waals surface area contributed by atoms with Crippen molar-refractivity contribution in [2.45, 2.75) is 13.8 Å². The maximum Gasteiger partial charge on any atom is 0.132 e. The van der Waals surface area contributed by atoms with Crippen molar-refractivity contribution in [3.63, 3.8) is 0 Å². The summed E-state index contributed by atoms with van der Waals surface area (Å²) in [6.45, 7) is 4.03. The molecule has 20 heavy (non-hydrogen) atoms. The van der Waals surface area contributed by atoms with Crippen molar-refractivity contribution in [2.75, 3.05) is 5.32 Å². The van der Waals surface area contributed by atoms with Crippen LogP contribution in [-0.4, -0.2) is 9.97 Å². The predicted octanol–water partition coefficient (Wildman–Crippen LogP) is 4.64. The van der Waals surface area contributed by atoms with Crippen molar-refractivity contribution in [3.05, 3.63) is 58.7 Å². The first-order valence-corrected chi connectivity index (χ1v) is 6.76. The van der Waals surface area contributed by atoms with Crippen LogP contribution in [0.2, 0.25) is 5.02 Å². The standard InChI is InChI=1S/C16H14ClN3/c1-10-7-11(2)18-16(8-10)20-15-6-3-12-9-13(17)4-5-14(12)19-15/h3-9H,1-2H3,(H,18,19,20). The summed E-state index contributed by atoms with van der Waals surface area (Å²) in [5.41, 5.74) is 3.07. The van der Waals surface area contributed by atoms with Gasteiger partial charge in [0.25, 0.3) is 0 Å². The van der Waals surface area contributed by atoms with E-state index in [-0.39, 0.29) is 0 Å². The highest BCUT2D eigenvalue weighted by Crippen LogP contribution is 2.21. The molecule has 0 unspecified atom stereocenters. The zero-order chi connectivity index (χ0) is 14.1. The Morgan fingerprint density at radius 2 is 1.75 bits per heavy atom. The molecule has 4 heteroatoms. The summed E-state index contributed by atoms with van der Waals surface area (Å²) in [6, 6.07) is 13.6. The summed E-state index contributed by atoms with van der Waals surface area (Å²) in [6.07, 6.45) is 0. The first kappa shape index (κ1) is 12.9. The molecule has 0 aliphatic carbocycles. The van der Waals surface area contributed by atoms with Crippen LogP contribution in [0.25, 0.3) is 10.9 Å². The molecule has 2 aromatic heterocycles. The van der Waals surface area contributed by atoms with E-state index in [1.807, 2.05) is 49.4 Å². The van der Waals surface area contributed by atoms with Crippen molar-refractivity contribution in [1.29, 1.82) is 0 Å². The molecular weight excluding hydrogens is 270 g/mol. The van der Waals surface area contributed by atoms with Gasteiger partial charge in [0.2, 0.25) is 0 Å². The van der Waals surface area contributed by atoms with E-state index in [4.69, 9.17) is 11.6 Å². The van der Waals surface area contributed by atoms with E-state index < -0.39 is 0 Å². The fourth-order valence-electron chi connectivity index (χ4n) is 2.20. The average molecular weight is 284 g/mol. The van der Waals surface area contributed by atoms with Gasteiger partial charge in [0.05, 0.1) is 5.52 Å². The minimum Gasteiger partial charge on any atom is -0.325 e. The molecule has 3 rings (SSSR count). The van der Waals surface area contributed by atoms with Gasteiger partial charge in [0.1, 0.15) is 11.6 Å². The first-order chi connectivity index (χ1) is 9.60. The Labute approximate surface area is 122 Å². The summed E-state index contributed by atoms with van der Waals surface area (Å²) in [5.74, 6) is 1.58. The van der Waals surface area contributed by atoms with Crippen LogP contribution in [0.5, 0.6) is 0 Å². The number of hydrogen-bond acceptors (Lipinski definition) is 3. The predicted molar refractivity (Wildman–Crippen MR) is 83.7 cm³/mol. The summed E-state index contributed by atoms with van der Waals surface area (Å²) < 4.78 is 0. The fourth-order valence-corrected chi connectivity index (χ4v) is 2.38. The van der Waals surface area contributed by atoms with Gasteiger partial charge >= 0.3 is 0 Å². The molecule has 0 saturated carbocycles. The van der Waals surface area contributed by atoms with Gasteiger partial charge in [0.15, 0.2) is 0 Å². The Balaban J connectivity index is 1.96. The van der Waals surface area contributed by atoms with Gasteiger partial charge in [-0.05, 0) is 61.9 Å². The SMILES string of the molecule is Cc1cc(C)nc(Nc2ccc3cc(Cl)ccc3n2)c1. The summed E-state index contributed by atoms with van der Waals surface area (Å²) in [7, 11) is 0. The fraction of sp³-hybridized carbons (Fsp3) is 0.125. The van der Waals surface area contributed by atoms with Crippen LogP contribution in [0.15, 0.2) is 42.5 Å². The molecule has 0 radical (unpaired) electrons. The van der Waals surface area contributed by atoms with Crippen LogP contribution < -0.4 is 5.32 Å². The maximum atomic E-state index is 5.97. The Morgan fingerprint density at radius 3 is 2.55 bits per heavy atom. The molecule has 0 atom stereocenters. The highest BCUT2D eigenvalue weighted by Gasteiger charge is 2.02. The van der Waals surface area contributed by atoms with Crippen LogP contribution in [-0.2, 0) is 0 Å². The van der Waals surface area contributed by atoms with Crippen LogP contribution in [0.4, 0.5) is 11.6 Å². The average Bonchev–Trinajstić information content (AvgIpc) is 2.38. The van der Waals surface area contributed by atoms with E-state index in [2.05, 4.69) is 22.2 Å². The lowest BCUT2D eigenvalue weighted by Crippen LogP contribution is -1.98. The van der Waals surface area contributed by atoms with Gasteiger partial charge in [-0.15, -0.1) is 0 Å². The summed E-state index contributed by atoms with van der Waals surface area (Å²) in [5, 5.41) is 4.98. The van der Waals surface area contributed by atoms with Crippen LogP contribution in [0, 0.1) is 13.8 Å². The van der Waals surface area contributed by atoms with E-state index in [0.717, 1.165) is 33.3 Å². The van der Waals surface area contributed by atoms with Gasteiger partial charge in [-0.3, -0.25) is 0 Å². The Kier molecular flexibility index (Phi) is 3.28. The number of fused-ring (bicyclic) bond motifs is 1. The van der Waals surface area contributed by atoms with E-state index in [9.17, 15) is 0 Å². The number of aromatic nitrogens is 2. The summed E-state index contributed by atoms with van der Waals surface area (Å²) >= 11 is 5.97. The second-order valence-corrected chi connectivity index (χ2v) is 5.27. The number of anilines is 2. The molecule has 3 nitrogen and oxygen atoms in total. The number of benzene rings is 1. The quantitative estimate of drug-likeness (QED) is 0.744. The van der Waals surface area contributed by atoms with Gasteiger partial charge in [-0.1, -0.05) is 11.6 Å². The molecule has 1 aromatic carbocycles. The molecule has 0 spiro atoms. The van der Waals surface area contributed by atoms with Gasteiger partial charge in [-0.25, -0.2) is 9.97 Å². The Morgan fingerprint density at radius 1 is 0.900 bits per heavy atom. The molecule has 0 saturated heterocycles. The van der Waals surface area contributed by atoms with Crippen molar-refractivity contribution >= 4 is 34.1 Å². The number of pyridine rings is 2. The number of rotatable bonds is 2. The van der Waals surface area contributed by atoms with Gasteiger partial charge < -0.3 is 5.32 Å². The monoisotopic (exact) mass is 283 g/mol. The highest BCUT2D eigenvalue weighted by molar-refractivity contribution is 6.31. The zero-order valence-corrected chi connectivity index (χ0v) is 12.1. The lowest BCUT2D eigenvalue weighted by atomic mass is 10.2. The van der Waals surface area contributed by atoms with E-state index in [0.29, 0.717) is 0 Å². The minimum absolute atomic E-state index is 0.719. The molecule has 0 fully saturated rings. The van der Waals surface area contributed by atoms with E-state index in [1.54, 1.807) is 0 Å². The smallest absolute Gasteiger partial charge is 0.132 e. The number of halogens is 1. The Bertz CT molecular complexity index is 764. The van der Waals surface area contributed by atoms with Gasteiger partial charge in [-0.2, -0.15) is 0 Å². The highest BCUT2D eigenvalue weighted by atomic mass is 35.5. The van der Waals surface area contributed by atoms with Crippen molar-refractivity contribution in [3.8, 4) is 0 Å². The number of hydrogen-bond donors (Lipinski definition) is 1. The molecule has 2 heterocycles. The molecule has 100 valence electrons. The zero-order valence-electron chi connectivity index (χ0n) is 11.3. The lowest BCUT2D eigenvalue weighted by molar-refractivity contribution is 1.17. The largest absolute Gasteiger partial charge is 0.325 e. The van der Waals surface area contributed by atoms with Crippen molar-refractivity contribution < 1.29 is 0 Å². The molecule has 0 aliphatic heterocycles. The number of nitrogens with zero attached hydrogens (tertiary/aromatic N) is 2. The van der Waals surface area contributed by atoms with Crippen molar-refractivity contribution in [2.24, 2.45) is 0 Å². The molecule has 0 bridgehead atoms. The maximum absolute atomic E-state index is 5.97. The number of aryl methyl sites for hydroxylation is 2. The van der Waals surface area contributed by atoms with E-state index >= 15 is 0 Å². The van der Waals surface area contributed by atoms with Crippen LogP contribution in [0.1, 0.15) is 11.3 Å². The first-order valence-electron chi connectivity index (χ1n) is 6.39. The second kappa shape index (κ2) is 5.10. The van der Waals surface area contributed by atoms with Crippen molar-refractivity contribution in [1.82, 2.24) is 9.97 Å². The Hall–Kier alpha value is -2.13. The van der Waals surface area contributed by atoms with Gasteiger partial charge in [0, 0.05) is 16.1 Å². The molecule has 0 amide bonds. The third-order valence-corrected chi connectivity index (χ3v) is 3.24. The summed E-state index contributed by atoms with van der Waals surface area (Å²) in [4.78, 5) is 9.01. The van der Waals surface area contributed by atoms with Crippen LogP contribution >= 0.6 is 11.6 Å². The molecular formula is C16H14ClN3. The minimum atomic E-state index is 0.719. The molecule has 1 N–H and O–H groups in total. The topological polar surface area (TPSA) is 37.8 Å². The van der Waals surface area contributed by atoms with Crippen LogP contribution in [0.3, 0.4) is 0 Å². The third kappa shape index (κ3) is 2.73. The third-order valence-electron chi connectivity index (χ3n) is 3.01. The molecule has 3 aromatic rings. The second-order valence-electron chi connectivity index (χ2n) is 4.83. The molecule has 0 aliphatic rings. The van der Waals surface area contributed by atoms with E-state index in [1.165, 1.54) is 5.56 Å².